The van der Waals surface area contributed by atoms with E-state index >= 15 is 0 Å². The Morgan fingerprint density at radius 2 is 1.92 bits per heavy atom. The Balaban J connectivity index is 1.44. The second kappa shape index (κ2) is 7.93. The Kier molecular flexibility index (Phi) is 5.43. The smallest absolute Gasteiger partial charge is 0.260 e. The van der Waals surface area contributed by atoms with E-state index in [2.05, 4.69) is 16.0 Å². The molecule has 1 aliphatic heterocycles. The van der Waals surface area contributed by atoms with E-state index in [-0.39, 0.29) is 12.5 Å². The van der Waals surface area contributed by atoms with Crippen molar-refractivity contribution in [3.05, 3.63) is 59.9 Å². The standard InChI is InChI=1S/C19H23N3O2/c1-16-5-2-3-7-18(16)24-15-19(23)22-11-9-21(10-12-22)14-17-6-4-8-20-13-17/h2-8,13H,9-12,14-15H2,1H3. The van der Waals surface area contributed by atoms with Gasteiger partial charge in [-0.3, -0.25) is 14.7 Å². The first kappa shape index (κ1) is 16.5. The maximum absolute atomic E-state index is 12.3. The van der Waals surface area contributed by atoms with Crippen LogP contribution in [0, 0.1) is 6.92 Å². The molecule has 2 heterocycles. The molecule has 126 valence electrons. The Labute approximate surface area is 142 Å². The van der Waals surface area contributed by atoms with Crippen LogP contribution in [0.5, 0.6) is 5.75 Å². The molecule has 1 aliphatic rings. The molecule has 0 saturated carbocycles. The number of carbonyl (C=O) groups is 1. The average Bonchev–Trinajstić information content (AvgIpc) is 2.62. The van der Waals surface area contributed by atoms with E-state index in [0.29, 0.717) is 0 Å². The fourth-order valence-corrected chi connectivity index (χ4v) is 2.85. The van der Waals surface area contributed by atoms with Crippen LogP contribution in [-0.4, -0.2) is 53.5 Å². The van der Waals surface area contributed by atoms with E-state index in [0.717, 1.165) is 44.0 Å². The first-order valence-electron chi connectivity index (χ1n) is 8.30. The molecule has 1 aromatic carbocycles. The van der Waals surface area contributed by atoms with Gasteiger partial charge in [-0.05, 0) is 30.2 Å². The fraction of sp³-hybridized carbons (Fsp3) is 0.368. The van der Waals surface area contributed by atoms with Gasteiger partial charge in [0, 0.05) is 45.1 Å². The number of pyridine rings is 1. The number of nitrogens with zero attached hydrogens (tertiary/aromatic N) is 3. The molecular weight excluding hydrogens is 302 g/mol. The third kappa shape index (κ3) is 4.32. The summed E-state index contributed by atoms with van der Waals surface area (Å²) in [4.78, 5) is 20.7. The van der Waals surface area contributed by atoms with E-state index in [1.807, 2.05) is 48.4 Å². The van der Waals surface area contributed by atoms with Gasteiger partial charge in [0.05, 0.1) is 0 Å². The van der Waals surface area contributed by atoms with Crippen LogP contribution in [0.4, 0.5) is 0 Å². The first-order chi connectivity index (χ1) is 11.7. The van der Waals surface area contributed by atoms with Gasteiger partial charge in [-0.25, -0.2) is 0 Å². The Morgan fingerprint density at radius 3 is 2.62 bits per heavy atom. The third-order valence-electron chi connectivity index (χ3n) is 4.30. The van der Waals surface area contributed by atoms with Crippen molar-refractivity contribution in [1.29, 1.82) is 0 Å². The van der Waals surface area contributed by atoms with Crippen LogP contribution in [0.15, 0.2) is 48.8 Å². The molecule has 5 nitrogen and oxygen atoms in total. The number of ether oxygens (including phenoxy) is 1. The number of rotatable bonds is 5. The molecule has 0 atom stereocenters. The van der Waals surface area contributed by atoms with Crippen molar-refractivity contribution in [3.8, 4) is 5.75 Å². The number of hydrogen-bond acceptors (Lipinski definition) is 4. The number of aromatic nitrogens is 1. The first-order valence-corrected chi connectivity index (χ1v) is 8.30. The summed E-state index contributed by atoms with van der Waals surface area (Å²) in [5.74, 6) is 0.834. The van der Waals surface area contributed by atoms with Crippen molar-refractivity contribution in [3.63, 3.8) is 0 Å². The molecule has 0 aliphatic carbocycles. The lowest BCUT2D eigenvalue weighted by Gasteiger charge is -2.34. The van der Waals surface area contributed by atoms with Crippen LogP contribution in [0.25, 0.3) is 0 Å². The zero-order valence-electron chi connectivity index (χ0n) is 14.0. The summed E-state index contributed by atoms with van der Waals surface area (Å²) in [7, 11) is 0. The minimum atomic E-state index is 0.0549. The molecule has 0 spiro atoms. The lowest BCUT2D eigenvalue weighted by Crippen LogP contribution is -2.49. The van der Waals surface area contributed by atoms with Crippen LogP contribution >= 0.6 is 0 Å². The number of hydrogen-bond donors (Lipinski definition) is 0. The zero-order chi connectivity index (χ0) is 16.8. The molecular formula is C19H23N3O2. The highest BCUT2D eigenvalue weighted by Crippen LogP contribution is 2.16. The summed E-state index contributed by atoms with van der Waals surface area (Å²) < 4.78 is 5.66. The molecule has 1 amide bonds. The number of piperazine rings is 1. The molecule has 5 heteroatoms. The van der Waals surface area contributed by atoms with Crippen LogP contribution in [0.1, 0.15) is 11.1 Å². The van der Waals surface area contributed by atoms with Crippen molar-refractivity contribution in [2.75, 3.05) is 32.8 Å². The van der Waals surface area contributed by atoms with Crippen molar-refractivity contribution >= 4 is 5.91 Å². The highest BCUT2D eigenvalue weighted by Gasteiger charge is 2.21. The van der Waals surface area contributed by atoms with Gasteiger partial charge in [-0.15, -0.1) is 0 Å². The van der Waals surface area contributed by atoms with Gasteiger partial charge >= 0.3 is 0 Å². The molecule has 2 aromatic rings. The van der Waals surface area contributed by atoms with Crippen molar-refractivity contribution in [1.82, 2.24) is 14.8 Å². The molecule has 0 unspecified atom stereocenters. The summed E-state index contributed by atoms with van der Waals surface area (Å²) in [6.07, 6.45) is 3.68. The second-order valence-electron chi connectivity index (χ2n) is 6.07. The molecule has 0 radical (unpaired) electrons. The predicted octanol–water partition coefficient (Wildman–Crippen LogP) is 2.11. The van der Waals surface area contributed by atoms with Gasteiger partial charge in [0.25, 0.3) is 5.91 Å². The van der Waals surface area contributed by atoms with E-state index < -0.39 is 0 Å². The van der Waals surface area contributed by atoms with E-state index in [1.54, 1.807) is 6.20 Å². The summed E-state index contributed by atoms with van der Waals surface area (Å²) in [5, 5.41) is 0. The topological polar surface area (TPSA) is 45.7 Å². The average molecular weight is 325 g/mol. The minimum Gasteiger partial charge on any atom is -0.484 e. The summed E-state index contributed by atoms with van der Waals surface area (Å²) in [6.45, 7) is 6.22. The maximum Gasteiger partial charge on any atom is 0.260 e. The van der Waals surface area contributed by atoms with Gasteiger partial charge in [0.15, 0.2) is 6.61 Å². The van der Waals surface area contributed by atoms with Crippen LogP contribution in [0.2, 0.25) is 0 Å². The minimum absolute atomic E-state index is 0.0549. The molecule has 0 bridgehead atoms. The fourth-order valence-electron chi connectivity index (χ4n) is 2.85. The monoisotopic (exact) mass is 325 g/mol. The van der Waals surface area contributed by atoms with Gasteiger partial charge in [-0.1, -0.05) is 24.3 Å². The summed E-state index contributed by atoms with van der Waals surface area (Å²) >= 11 is 0. The SMILES string of the molecule is Cc1ccccc1OCC(=O)N1CCN(Cc2cccnc2)CC1. The van der Waals surface area contributed by atoms with Crippen molar-refractivity contribution < 1.29 is 9.53 Å². The maximum atomic E-state index is 12.3. The van der Waals surface area contributed by atoms with E-state index in [9.17, 15) is 4.79 Å². The van der Waals surface area contributed by atoms with Crippen LogP contribution in [-0.2, 0) is 11.3 Å². The number of amides is 1. The number of benzene rings is 1. The van der Waals surface area contributed by atoms with Crippen LogP contribution < -0.4 is 4.74 Å². The molecule has 0 N–H and O–H groups in total. The Hall–Kier alpha value is -2.40. The molecule has 24 heavy (non-hydrogen) atoms. The molecule has 1 aromatic heterocycles. The predicted molar refractivity (Wildman–Crippen MR) is 92.8 cm³/mol. The van der Waals surface area contributed by atoms with Crippen molar-refractivity contribution in [2.24, 2.45) is 0 Å². The van der Waals surface area contributed by atoms with Gasteiger partial charge in [-0.2, -0.15) is 0 Å². The van der Waals surface area contributed by atoms with E-state index in [1.165, 1.54) is 5.56 Å². The third-order valence-corrected chi connectivity index (χ3v) is 4.30. The number of aryl methyl sites for hydroxylation is 1. The Morgan fingerprint density at radius 1 is 1.12 bits per heavy atom. The highest BCUT2D eigenvalue weighted by molar-refractivity contribution is 5.78. The summed E-state index contributed by atoms with van der Waals surface area (Å²) in [6, 6.07) is 11.8. The normalized spacial score (nSPS) is 15.3. The molecule has 1 saturated heterocycles. The zero-order valence-corrected chi connectivity index (χ0v) is 14.0. The number of para-hydroxylation sites is 1. The quantitative estimate of drug-likeness (QED) is 0.845. The van der Waals surface area contributed by atoms with Crippen molar-refractivity contribution in [2.45, 2.75) is 13.5 Å². The van der Waals surface area contributed by atoms with Gasteiger partial charge in [0.2, 0.25) is 0 Å². The summed E-state index contributed by atoms with van der Waals surface area (Å²) in [5.41, 5.74) is 2.26. The molecule has 3 rings (SSSR count). The second-order valence-corrected chi connectivity index (χ2v) is 6.07. The largest absolute Gasteiger partial charge is 0.484 e. The van der Waals surface area contributed by atoms with E-state index in [4.69, 9.17) is 4.74 Å². The lowest BCUT2D eigenvalue weighted by atomic mass is 10.2. The lowest BCUT2D eigenvalue weighted by molar-refractivity contribution is -0.135. The van der Waals surface area contributed by atoms with Crippen LogP contribution in [0.3, 0.4) is 0 Å². The van der Waals surface area contributed by atoms with Gasteiger partial charge < -0.3 is 9.64 Å². The highest BCUT2D eigenvalue weighted by atomic mass is 16.5. The molecule has 1 fully saturated rings. The Bertz CT molecular complexity index is 667. The van der Waals surface area contributed by atoms with Gasteiger partial charge in [0.1, 0.15) is 5.75 Å². The number of carbonyl (C=O) groups excluding carboxylic acids is 1.